The van der Waals surface area contributed by atoms with Gasteiger partial charge in [0.05, 0.1) is 0 Å². The van der Waals surface area contributed by atoms with Crippen molar-refractivity contribution in [2.75, 3.05) is 5.32 Å². The van der Waals surface area contributed by atoms with Gasteiger partial charge in [-0.1, -0.05) is 12.1 Å². The lowest BCUT2D eigenvalue weighted by atomic mass is 10.1. The highest BCUT2D eigenvalue weighted by molar-refractivity contribution is 5.65. The van der Waals surface area contributed by atoms with Gasteiger partial charge in [0.1, 0.15) is 0 Å². The summed E-state index contributed by atoms with van der Waals surface area (Å²) in [5, 5.41) is 12.1. The molecule has 2 rings (SSSR count). The van der Waals surface area contributed by atoms with E-state index in [-0.39, 0.29) is 12.4 Å². The Morgan fingerprint density at radius 2 is 1.72 bits per heavy atom. The van der Waals surface area contributed by atoms with Crippen LogP contribution in [0.2, 0.25) is 0 Å². The van der Waals surface area contributed by atoms with Crippen molar-refractivity contribution >= 4 is 17.1 Å². The molecular formula is C14H14ClN3. The van der Waals surface area contributed by atoms with Crippen LogP contribution in [-0.4, -0.2) is 0 Å². The average Bonchev–Trinajstić information content (AvgIpc) is 2.29. The maximum absolute atomic E-state index is 8.74. The van der Waals surface area contributed by atoms with E-state index < -0.39 is 0 Å². The molecule has 3 nitrogen and oxygen atoms in total. The van der Waals surface area contributed by atoms with E-state index in [1.165, 1.54) is 5.56 Å². The molecule has 0 saturated carbocycles. The summed E-state index contributed by atoms with van der Waals surface area (Å²) in [5.74, 6) is 0. The summed E-state index contributed by atoms with van der Waals surface area (Å²) in [6, 6.07) is 13.8. The van der Waals surface area contributed by atoms with Gasteiger partial charge in [0.2, 0.25) is 5.39 Å². The van der Waals surface area contributed by atoms with Gasteiger partial charge in [-0.3, -0.25) is 0 Å². The number of nitrogens with one attached hydrogen (secondary N) is 1. The van der Waals surface area contributed by atoms with E-state index in [0.717, 1.165) is 16.9 Å². The normalized spacial score (nSPS) is 9.17. The summed E-state index contributed by atoms with van der Waals surface area (Å²) < 4.78 is 0. The van der Waals surface area contributed by atoms with Gasteiger partial charge in [-0.2, -0.15) is 0 Å². The van der Waals surface area contributed by atoms with E-state index >= 15 is 0 Å². The smallest absolute Gasteiger partial charge is 0.388 e. The minimum Gasteiger partial charge on any atom is -1.00 e. The molecule has 0 aliphatic rings. The minimum atomic E-state index is 0. The van der Waals surface area contributed by atoms with Crippen LogP contribution in [0.15, 0.2) is 42.5 Å². The van der Waals surface area contributed by atoms with Gasteiger partial charge in [0, 0.05) is 23.0 Å². The number of aryl methyl sites for hydroxylation is 2. The van der Waals surface area contributed by atoms with Gasteiger partial charge in [-0.25, -0.2) is 0 Å². The second-order valence-electron chi connectivity index (χ2n) is 4.10. The molecule has 0 bridgehead atoms. The van der Waals surface area contributed by atoms with Crippen LogP contribution in [0.4, 0.5) is 17.1 Å². The number of hydrogen-bond acceptors (Lipinski definition) is 2. The van der Waals surface area contributed by atoms with Gasteiger partial charge < -0.3 is 17.7 Å². The molecule has 4 heteroatoms. The first-order chi connectivity index (χ1) is 8.19. The number of benzene rings is 2. The van der Waals surface area contributed by atoms with Crippen LogP contribution >= 0.6 is 0 Å². The Hall–Kier alpha value is -2.05. The van der Waals surface area contributed by atoms with E-state index in [4.69, 9.17) is 5.39 Å². The zero-order valence-electron chi connectivity index (χ0n) is 10.3. The largest absolute Gasteiger partial charge is 1.00 e. The molecule has 92 valence electrons. The standard InChI is InChI=1S/C14H14N3.ClH/c1-10-4-3-5-12(8-10)16-13-6-7-14(17-15)11(2)9-13;/h3-9,16H,1-2H3;1H/q+1;/p-1. The fourth-order valence-corrected chi connectivity index (χ4v) is 1.73. The average molecular weight is 260 g/mol. The molecule has 0 aliphatic heterocycles. The van der Waals surface area contributed by atoms with E-state index in [9.17, 15) is 0 Å². The van der Waals surface area contributed by atoms with Crippen molar-refractivity contribution in [3.05, 3.63) is 58.6 Å². The van der Waals surface area contributed by atoms with Gasteiger partial charge >= 0.3 is 5.69 Å². The maximum atomic E-state index is 8.74. The third-order valence-electron chi connectivity index (χ3n) is 2.61. The van der Waals surface area contributed by atoms with Crippen molar-refractivity contribution in [2.45, 2.75) is 13.8 Å². The minimum absolute atomic E-state index is 0. The first kappa shape index (κ1) is 14.0. The molecule has 0 aliphatic carbocycles. The van der Waals surface area contributed by atoms with Crippen LogP contribution in [-0.2, 0) is 0 Å². The number of diazo groups is 1. The molecule has 0 saturated heterocycles. The second kappa shape index (κ2) is 6.04. The predicted molar refractivity (Wildman–Crippen MR) is 70.4 cm³/mol. The molecule has 2 aromatic rings. The van der Waals surface area contributed by atoms with Crippen molar-refractivity contribution in [2.24, 2.45) is 0 Å². The molecule has 18 heavy (non-hydrogen) atoms. The summed E-state index contributed by atoms with van der Waals surface area (Å²) in [6.45, 7) is 3.97. The van der Waals surface area contributed by atoms with E-state index in [1.54, 1.807) is 6.07 Å². The van der Waals surface area contributed by atoms with Crippen molar-refractivity contribution < 1.29 is 12.4 Å². The summed E-state index contributed by atoms with van der Waals surface area (Å²) in [4.78, 5) is 3.20. The number of anilines is 2. The monoisotopic (exact) mass is 259 g/mol. The summed E-state index contributed by atoms with van der Waals surface area (Å²) in [6.07, 6.45) is 0. The zero-order valence-corrected chi connectivity index (χ0v) is 11.1. The van der Waals surface area contributed by atoms with Gasteiger partial charge in [-0.05, 0) is 43.7 Å². The lowest BCUT2D eigenvalue weighted by Gasteiger charge is -2.06. The van der Waals surface area contributed by atoms with E-state index in [0.29, 0.717) is 5.69 Å². The molecule has 0 aromatic heterocycles. The molecule has 0 radical (unpaired) electrons. The van der Waals surface area contributed by atoms with Gasteiger partial charge in [0.15, 0.2) is 4.98 Å². The summed E-state index contributed by atoms with van der Waals surface area (Å²) in [5.41, 5.74) is 4.79. The van der Waals surface area contributed by atoms with Crippen LogP contribution in [0, 0.1) is 19.2 Å². The van der Waals surface area contributed by atoms with Crippen LogP contribution in [0.5, 0.6) is 0 Å². The molecule has 0 heterocycles. The third kappa shape index (κ3) is 3.22. The van der Waals surface area contributed by atoms with Crippen molar-refractivity contribution in [3.8, 4) is 0 Å². The van der Waals surface area contributed by atoms with E-state index in [2.05, 4.69) is 29.3 Å². The first-order valence-electron chi connectivity index (χ1n) is 5.48. The van der Waals surface area contributed by atoms with Crippen LogP contribution < -0.4 is 17.7 Å². The quantitative estimate of drug-likeness (QED) is 0.831. The molecule has 0 amide bonds. The highest BCUT2D eigenvalue weighted by Crippen LogP contribution is 2.24. The molecule has 1 N–H and O–H groups in total. The Kier molecular flexibility index (Phi) is 4.70. The SMILES string of the molecule is Cc1cccc(Nc2ccc([N+]#N)c(C)c2)c1.[Cl-]. The van der Waals surface area contributed by atoms with Crippen LogP contribution in [0.1, 0.15) is 11.1 Å². The number of nitrogens with zero attached hydrogens (tertiary/aromatic N) is 2. The lowest BCUT2D eigenvalue weighted by Crippen LogP contribution is -3.00. The molecule has 0 unspecified atom stereocenters. The molecule has 0 fully saturated rings. The number of rotatable bonds is 2. The molecular weight excluding hydrogens is 246 g/mol. The lowest BCUT2D eigenvalue weighted by molar-refractivity contribution is -0.00000377. The highest BCUT2D eigenvalue weighted by atomic mass is 35.5. The Morgan fingerprint density at radius 3 is 2.33 bits per heavy atom. The summed E-state index contributed by atoms with van der Waals surface area (Å²) in [7, 11) is 0. The van der Waals surface area contributed by atoms with Crippen LogP contribution in [0.25, 0.3) is 4.98 Å². The fraction of sp³-hybridized carbons (Fsp3) is 0.143. The highest BCUT2D eigenvalue weighted by Gasteiger charge is 2.09. The van der Waals surface area contributed by atoms with Crippen LogP contribution in [0.3, 0.4) is 0 Å². The second-order valence-corrected chi connectivity index (χ2v) is 4.10. The zero-order chi connectivity index (χ0) is 12.3. The Balaban J connectivity index is 0.00000162. The van der Waals surface area contributed by atoms with Crippen molar-refractivity contribution in [3.63, 3.8) is 0 Å². The number of halogens is 1. The Labute approximate surface area is 113 Å². The number of hydrogen-bond donors (Lipinski definition) is 1. The molecule has 2 aromatic carbocycles. The molecule has 0 atom stereocenters. The van der Waals surface area contributed by atoms with Gasteiger partial charge in [0.25, 0.3) is 0 Å². The topological polar surface area (TPSA) is 40.2 Å². The molecule has 0 spiro atoms. The Morgan fingerprint density at radius 1 is 1.00 bits per heavy atom. The first-order valence-corrected chi connectivity index (χ1v) is 5.48. The third-order valence-corrected chi connectivity index (χ3v) is 2.61. The summed E-state index contributed by atoms with van der Waals surface area (Å²) >= 11 is 0. The van der Waals surface area contributed by atoms with Gasteiger partial charge in [-0.15, -0.1) is 0 Å². The fourth-order valence-electron chi connectivity index (χ4n) is 1.73. The van der Waals surface area contributed by atoms with E-state index in [1.807, 2.05) is 31.2 Å². The maximum Gasteiger partial charge on any atom is 0.388 e. The van der Waals surface area contributed by atoms with Crippen molar-refractivity contribution in [1.29, 1.82) is 5.39 Å². The van der Waals surface area contributed by atoms with Crippen molar-refractivity contribution in [1.82, 2.24) is 0 Å². The Bertz CT molecular complexity index is 588. The predicted octanol–water partition coefficient (Wildman–Crippen LogP) is 1.54.